The molecule has 0 atom stereocenters. The molecule has 4 aromatic carbocycles. The van der Waals surface area contributed by atoms with E-state index >= 15 is 0 Å². The maximum atomic E-state index is 13.4. The van der Waals surface area contributed by atoms with E-state index < -0.39 is 34.2 Å². The molecule has 0 fully saturated rings. The number of benzene rings is 4. The van der Waals surface area contributed by atoms with Gasteiger partial charge in [-0.05, 0) is 84.8 Å². The molecule has 0 bridgehead atoms. The predicted octanol–water partition coefficient (Wildman–Crippen LogP) is 6.59. The Morgan fingerprint density at radius 2 is 1.64 bits per heavy atom. The van der Waals surface area contributed by atoms with Gasteiger partial charge >= 0.3 is 6.18 Å². The molecule has 0 unspecified atom stereocenters. The van der Waals surface area contributed by atoms with Crippen LogP contribution in [-0.4, -0.2) is 27.1 Å². The summed E-state index contributed by atoms with van der Waals surface area (Å²) in [5.41, 5.74) is 3.20. The Morgan fingerprint density at radius 1 is 0.976 bits per heavy atom. The highest BCUT2D eigenvalue weighted by Crippen LogP contribution is 2.33. The first-order valence-electron chi connectivity index (χ1n) is 12.5. The Bertz CT molecular complexity index is 1660. The normalized spacial score (nSPS) is 11.8. The third kappa shape index (κ3) is 8.11. The van der Waals surface area contributed by atoms with Gasteiger partial charge in [0.25, 0.3) is 15.9 Å². The molecule has 0 saturated heterocycles. The summed E-state index contributed by atoms with van der Waals surface area (Å²) >= 11 is 5.88. The fourth-order valence-corrected chi connectivity index (χ4v) is 5.27. The maximum Gasteiger partial charge on any atom is 0.416 e. The number of hydrogen-bond acceptors (Lipinski definition) is 5. The molecule has 0 aliphatic carbocycles. The van der Waals surface area contributed by atoms with Gasteiger partial charge in [0.15, 0.2) is 0 Å². The number of alkyl halides is 3. The van der Waals surface area contributed by atoms with Crippen molar-refractivity contribution < 1.29 is 31.1 Å². The molecule has 7 nitrogen and oxygen atoms in total. The number of nitrogens with zero attached hydrogens (tertiary/aromatic N) is 2. The molecule has 0 heterocycles. The topological polar surface area (TPSA) is 88.1 Å². The van der Waals surface area contributed by atoms with E-state index in [2.05, 4.69) is 10.5 Å². The number of halogens is 4. The van der Waals surface area contributed by atoms with Gasteiger partial charge in [0.2, 0.25) is 0 Å². The van der Waals surface area contributed by atoms with Crippen molar-refractivity contribution in [1.29, 1.82) is 0 Å². The van der Waals surface area contributed by atoms with Crippen LogP contribution < -0.4 is 14.5 Å². The van der Waals surface area contributed by atoms with Gasteiger partial charge in [-0.15, -0.1) is 0 Å². The number of sulfonamides is 1. The first-order valence-corrected chi connectivity index (χ1v) is 14.3. The molecule has 0 radical (unpaired) electrons. The summed E-state index contributed by atoms with van der Waals surface area (Å²) in [6.07, 6.45) is -3.37. The first kappa shape index (κ1) is 30.6. The van der Waals surface area contributed by atoms with Gasteiger partial charge in [-0.25, -0.2) is 13.8 Å². The minimum atomic E-state index is -4.71. The Balaban J connectivity index is 1.45. The van der Waals surface area contributed by atoms with Crippen molar-refractivity contribution in [2.75, 3.05) is 10.8 Å². The number of carbonyl (C=O) groups is 1. The third-order valence-corrected chi connectivity index (χ3v) is 8.00. The molecular formula is C30H25ClF3N3O4S. The average Bonchev–Trinajstić information content (AvgIpc) is 2.96. The van der Waals surface area contributed by atoms with Gasteiger partial charge in [-0.2, -0.15) is 18.3 Å². The van der Waals surface area contributed by atoms with E-state index in [1.165, 1.54) is 24.4 Å². The van der Waals surface area contributed by atoms with E-state index in [-0.39, 0.29) is 10.6 Å². The second-order valence-electron chi connectivity index (χ2n) is 9.15. The quantitative estimate of drug-likeness (QED) is 0.161. The van der Waals surface area contributed by atoms with Gasteiger partial charge in [0.1, 0.15) is 18.9 Å². The Hall–Kier alpha value is -4.35. The van der Waals surface area contributed by atoms with Crippen molar-refractivity contribution in [3.8, 4) is 5.75 Å². The molecular weight excluding hydrogens is 591 g/mol. The smallest absolute Gasteiger partial charge is 0.416 e. The molecule has 218 valence electrons. The Kier molecular flexibility index (Phi) is 9.54. The summed E-state index contributed by atoms with van der Waals surface area (Å²) in [7, 11) is -4.41. The molecule has 1 N–H and O–H groups in total. The van der Waals surface area contributed by atoms with E-state index in [9.17, 15) is 26.4 Å². The molecule has 0 aliphatic rings. The first-order chi connectivity index (χ1) is 19.9. The lowest BCUT2D eigenvalue weighted by molar-refractivity contribution is -0.137. The van der Waals surface area contributed by atoms with Crippen molar-refractivity contribution in [2.45, 2.75) is 24.6 Å². The molecule has 4 aromatic rings. The second-order valence-corrected chi connectivity index (χ2v) is 11.4. The number of anilines is 1. The summed E-state index contributed by atoms with van der Waals surface area (Å²) in [6.45, 7) is 1.29. The number of rotatable bonds is 10. The van der Waals surface area contributed by atoms with E-state index in [0.29, 0.717) is 33.3 Å². The van der Waals surface area contributed by atoms with Crippen molar-refractivity contribution in [3.63, 3.8) is 0 Å². The van der Waals surface area contributed by atoms with Crippen LogP contribution in [0.5, 0.6) is 5.75 Å². The third-order valence-electron chi connectivity index (χ3n) is 5.96. The van der Waals surface area contributed by atoms with Crippen molar-refractivity contribution in [2.24, 2.45) is 5.10 Å². The summed E-state index contributed by atoms with van der Waals surface area (Å²) in [5.74, 6) is -0.258. The van der Waals surface area contributed by atoms with E-state index in [4.69, 9.17) is 16.3 Å². The van der Waals surface area contributed by atoms with Gasteiger partial charge in [-0.3, -0.25) is 9.10 Å². The van der Waals surface area contributed by atoms with Crippen LogP contribution in [0, 0.1) is 6.92 Å². The standard InChI is InChI=1S/C30H25ClF3N3O4S/c1-21-5-15-28(16-6-21)42(39,40)37(26-4-2-3-24(17-26)30(32,33)34)19-29(38)36-35-18-22-9-13-27(14-10-22)41-20-23-7-11-25(31)12-8-23/h2-18H,19-20H2,1H3,(H,36,38)/b35-18-. The van der Waals surface area contributed by atoms with Crippen LogP contribution in [0.1, 0.15) is 22.3 Å². The van der Waals surface area contributed by atoms with E-state index in [1.54, 1.807) is 55.5 Å². The van der Waals surface area contributed by atoms with E-state index in [1.807, 2.05) is 12.1 Å². The average molecular weight is 616 g/mol. The molecule has 0 aromatic heterocycles. The number of amides is 1. The van der Waals surface area contributed by atoms with Gasteiger partial charge in [0.05, 0.1) is 22.4 Å². The summed E-state index contributed by atoms with van der Waals surface area (Å²) < 4.78 is 73.3. The monoisotopic (exact) mass is 615 g/mol. The highest BCUT2D eigenvalue weighted by Gasteiger charge is 2.33. The van der Waals surface area contributed by atoms with Gasteiger partial charge in [0, 0.05) is 5.02 Å². The van der Waals surface area contributed by atoms with Crippen molar-refractivity contribution in [1.82, 2.24) is 5.43 Å². The highest BCUT2D eigenvalue weighted by atomic mass is 35.5. The second kappa shape index (κ2) is 13.1. The summed E-state index contributed by atoms with van der Waals surface area (Å²) in [4.78, 5) is 12.6. The number of nitrogens with one attached hydrogen (secondary N) is 1. The zero-order valence-corrected chi connectivity index (χ0v) is 23.7. The molecule has 12 heteroatoms. The molecule has 0 aliphatic heterocycles. The van der Waals surface area contributed by atoms with Crippen LogP contribution >= 0.6 is 11.6 Å². The zero-order chi connectivity index (χ0) is 30.3. The molecule has 1 amide bonds. The SMILES string of the molecule is Cc1ccc(S(=O)(=O)N(CC(=O)N/N=C\c2ccc(OCc3ccc(Cl)cc3)cc2)c2cccc(C(F)(F)F)c2)cc1. The van der Waals surface area contributed by atoms with Crippen molar-refractivity contribution >= 4 is 39.4 Å². The Morgan fingerprint density at radius 3 is 2.29 bits per heavy atom. The largest absolute Gasteiger partial charge is 0.489 e. The van der Waals surface area contributed by atoms with E-state index in [0.717, 1.165) is 23.3 Å². The summed E-state index contributed by atoms with van der Waals surface area (Å²) in [5, 5.41) is 4.49. The van der Waals surface area contributed by atoms with Gasteiger partial charge in [-0.1, -0.05) is 47.5 Å². The zero-order valence-electron chi connectivity index (χ0n) is 22.2. The van der Waals surface area contributed by atoms with Crippen LogP contribution in [-0.2, 0) is 27.6 Å². The lowest BCUT2D eigenvalue weighted by Crippen LogP contribution is -2.39. The molecule has 42 heavy (non-hydrogen) atoms. The maximum absolute atomic E-state index is 13.4. The predicted molar refractivity (Wildman–Crippen MR) is 155 cm³/mol. The highest BCUT2D eigenvalue weighted by molar-refractivity contribution is 7.92. The van der Waals surface area contributed by atoms with Gasteiger partial charge < -0.3 is 4.74 Å². The molecule has 0 spiro atoms. The number of ether oxygens (including phenoxy) is 1. The number of hydrogen-bond donors (Lipinski definition) is 1. The Labute approximate surface area is 246 Å². The van der Waals surface area contributed by atoms with Crippen LogP contribution in [0.4, 0.5) is 18.9 Å². The number of hydrazone groups is 1. The number of aryl methyl sites for hydroxylation is 1. The van der Waals surface area contributed by atoms with Crippen LogP contribution in [0.15, 0.2) is 107 Å². The molecule has 4 rings (SSSR count). The minimum Gasteiger partial charge on any atom is -0.489 e. The fraction of sp³-hybridized carbons (Fsp3) is 0.133. The van der Waals surface area contributed by atoms with Crippen LogP contribution in [0.2, 0.25) is 5.02 Å². The fourth-order valence-electron chi connectivity index (χ4n) is 3.73. The van der Waals surface area contributed by atoms with Crippen molar-refractivity contribution in [3.05, 3.63) is 124 Å². The van der Waals surface area contributed by atoms with Crippen LogP contribution in [0.3, 0.4) is 0 Å². The lowest BCUT2D eigenvalue weighted by Gasteiger charge is -2.24. The minimum absolute atomic E-state index is 0.180. The summed E-state index contributed by atoms with van der Waals surface area (Å²) in [6, 6.07) is 23.6. The molecule has 0 saturated carbocycles. The lowest BCUT2D eigenvalue weighted by atomic mass is 10.2. The number of carbonyl (C=O) groups excluding carboxylic acids is 1. The van der Waals surface area contributed by atoms with Crippen LogP contribution in [0.25, 0.3) is 0 Å².